The van der Waals surface area contributed by atoms with E-state index in [1.165, 1.54) is 4.90 Å². The highest BCUT2D eigenvalue weighted by atomic mass is 35.5. The molecule has 0 aromatic heterocycles. The van der Waals surface area contributed by atoms with E-state index in [0.717, 1.165) is 31.7 Å². The number of benzene rings is 1. The van der Waals surface area contributed by atoms with Crippen molar-refractivity contribution in [3.05, 3.63) is 34.9 Å². The lowest BCUT2D eigenvalue weighted by Gasteiger charge is -2.30. The molecule has 2 rings (SSSR count). The molecule has 0 radical (unpaired) electrons. The lowest BCUT2D eigenvalue weighted by Crippen LogP contribution is -3.12. The Hall–Kier alpha value is -1.59. The highest BCUT2D eigenvalue weighted by molar-refractivity contribution is 6.30. The summed E-state index contributed by atoms with van der Waals surface area (Å²) in [4.78, 5) is 27.1. The molecule has 0 aliphatic carbocycles. The zero-order valence-corrected chi connectivity index (χ0v) is 12.9. The van der Waals surface area contributed by atoms with Crippen molar-refractivity contribution in [2.45, 2.75) is 6.42 Å². The van der Waals surface area contributed by atoms with Gasteiger partial charge in [0.05, 0.1) is 46.2 Å². The minimum absolute atomic E-state index is 0.00745. The highest BCUT2D eigenvalue weighted by Gasteiger charge is 2.21. The highest BCUT2D eigenvalue weighted by Crippen LogP contribution is 2.09. The molecule has 2 N–H and O–H groups in total. The zero-order valence-electron chi connectivity index (χ0n) is 12.2. The number of hydrogen-bond donors (Lipinski definition) is 2. The van der Waals surface area contributed by atoms with Crippen LogP contribution in [0.25, 0.3) is 0 Å². The van der Waals surface area contributed by atoms with Gasteiger partial charge in [-0.3, -0.25) is 9.59 Å². The number of nitrogens with one attached hydrogen (secondary N) is 2. The molecule has 6 heteroatoms. The molecule has 1 aliphatic heterocycles. The largest absolute Gasteiger partial charge is 0.347 e. The third-order valence-corrected chi connectivity index (χ3v) is 3.94. The van der Waals surface area contributed by atoms with E-state index in [0.29, 0.717) is 5.02 Å². The van der Waals surface area contributed by atoms with Crippen molar-refractivity contribution in [3.63, 3.8) is 0 Å². The average molecular weight is 311 g/mol. The quantitative estimate of drug-likeness (QED) is 0.777. The molecule has 1 fully saturated rings. The predicted molar refractivity (Wildman–Crippen MR) is 81.4 cm³/mol. The van der Waals surface area contributed by atoms with Gasteiger partial charge in [-0.25, -0.2) is 0 Å². The van der Waals surface area contributed by atoms with E-state index in [-0.39, 0.29) is 24.8 Å². The molecule has 0 bridgehead atoms. The van der Waals surface area contributed by atoms with E-state index in [1.807, 2.05) is 17.0 Å². The van der Waals surface area contributed by atoms with Gasteiger partial charge in [0.25, 0.3) is 0 Å². The van der Waals surface area contributed by atoms with Gasteiger partial charge in [0.1, 0.15) is 0 Å². The van der Waals surface area contributed by atoms with Crippen molar-refractivity contribution in [3.8, 4) is 0 Å². The van der Waals surface area contributed by atoms with Gasteiger partial charge in [0.2, 0.25) is 11.8 Å². The maximum absolute atomic E-state index is 12.0. The minimum atomic E-state index is -0.148. The monoisotopic (exact) mass is 310 g/mol. The Morgan fingerprint density at radius 2 is 1.86 bits per heavy atom. The van der Waals surface area contributed by atoms with Crippen LogP contribution in [0.5, 0.6) is 0 Å². The van der Waals surface area contributed by atoms with Crippen LogP contribution >= 0.6 is 11.6 Å². The molecule has 0 spiro atoms. The average Bonchev–Trinajstić information content (AvgIpc) is 2.48. The minimum Gasteiger partial charge on any atom is -0.347 e. The first-order chi connectivity index (χ1) is 10.0. The van der Waals surface area contributed by atoms with Gasteiger partial charge in [-0.1, -0.05) is 23.7 Å². The molecule has 1 saturated heterocycles. The second-order valence-corrected chi connectivity index (χ2v) is 5.85. The van der Waals surface area contributed by atoms with Crippen LogP contribution in [0.3, 0.4) is 0 Å². The standard InChI is InChI=1S/C15H20ClN3O2/c1-18-6-8-19(9-7-18)15(21)11-17-14(20)10-12-2-4-13(16)5-3-12/h2-5H,6-11H2,1H3,(H,17,20)/p+1. The molecule has 1 aromatic rings. The number of rotatable bonds is 4. The van der Waals surface area contributed by atoms with Gasteiger partial charge in [-0.05, 0) is 17.7 Å². The Balaban J connectivity index is 1.73. The van der Waals surface area contributed by atoms with Crippen LogP contribution in [0.4, 0.5) is 0 Å². The SMILES string of the molecule is C[NH+]1CCN(C(=O)CNC(=O)Cc2ccc(Cl)cc2)CC1. The van der Waals surface area contributed by atoms with Crippen LogP contribution in [0.15, 0.2) is 24.3 Å². The second-order valence-electron chi connectivity index (χ2n) is 5.42. The first kappa shape index (κ1) is 15.8. The van der Waals surface area contributed by atoms with Crippen molar-refractivity contribution < 1.29 is 14.5 Å². The fraction of sp³-hybridized carbons (Fsp3) is 0.467. The zero-order chi connectivity index (χ0) is 15.2. The van der Waals surface area contributed by atoms with E-state index in [9.17, 15) is 9.59 Å². The van der Waals surface area contributed by atoms with Crippen LogP contribution in [-0.2, 0) is 16.0 Å². The Morgan fingerprint density at radius 3 is 2.48 bits per heavy atom. The maximum Gasteiger partial charge on any atom is 0.242 e. The Labute approximate surface area is 129 Å². The van der Waals surface area contributed by atoms with E-state index < -0.39 is 0 Å². The molecule has 0 unspecified atom stereocenters. The molecule has 1 heterocycles. The van der Waals surface area contributed by atoms with Crippen LogP contribution in [0, 0.1) is 0 Å². The fourth-order valence-electron chi connectivity index (χ4n) is 2.27. The summed E-state index contributed by atoms with van der Waals surface area (Å²) in [6, 6.07) is 7.13. The predicted octanol–water partition coefficient (Wildman–Crippen LogP) is -0.644. The second kappa shape index (κ2) is 7.43. The molecule has 1 aliphatic rings. The number of quaternary nitrogens is 1. The van der Waals surface area contributed by atoms with Gasteiger partial charge in [0.15, 0.2) is 0 Å². The van der Waals surface area contributed by atoms with Gasteiger partial charge < -0.3 is 15.1 Å². The molecule has 114 valence electrons. The lowest BCUT2D eigenvalue weighted by molar-refractivity contribution is -0.883. The Kier molecular flexibility index (Phi) is 5.59. The summed E-state index contributed by atoms with van der Waals surface area (Å²) in [5, 5.41) is 3.33. The summed E-state index contributed by atoms with van der Waals surface area (Å²) in [6.07, 6.45) is 0.261. The molecular weight excluding hydrogens is 290 g/mol. The van der Waals surface area contributed by atoms with Crippen molar-refractivity contribution in [2.24, 2.45) is 0 Å². The van der Waals surface area contributed by atoms with E-state index in [4.69, 9.17) is 11.6 Å². The Morgan fingerprint density at radius 1 is 1.24 bits per heavy atom. The topological polar surface area (TPSA) is 53.9 Å². The third-order valence-electron chi connectivity index (χ3n) is 3.68. The smallest absolute Gasteiger partial charge is 0.242 e. The summed E-state index contributed by atoms with van der Waals surface area (Å²) >= 11 is 5.79. The van der Waals surface area contributed by atoms with Crippen LogP contribution in [0.2, 0.25) is 5.02 Å². The summed E-state index contributed by atoms with van der Waals surface area (Å²) < 4.78 is 0. The fourth-order valence-corrected chi connectivity index (χ4v) is 2.40. The third kappa shape index (κ3) is 5.02. The number of amides is 2. The van der Waals surface area contributed by atoms with Gasteiger partial charge in [-0.15, -0.1) is 0 Å². The van der Waals surface area contributed by atoms with E-state index >= 15 is 0 Å². The molecular formula is C15H21ClN3O2+. The first-order valence-corrected chi connectivity index (χ1v) is 7.52. The number of likely N-dealkylation sites (N-methyl/N-ethyl adjacent to an activating group) is 1. The molecule has 0 saturated carbocycles. The first-order valence-electron chi connectivity index (χ1n) is 7.15. The van der Waals surface area contributed by atoms with Gasteiger partial charge >= 0.3 is 0 Å². The van der Waals surface area contributed by atoms with Crippen molar-refractivity contribution in [1.29, 1.82) is 0 Å². The number of nitrogens with zero attached hydrogens (tertiary/aromatic N) is 1. The molecule has 0 atom stereocenters. The number of carbonyl (C=O) groups is 2. The summed E-state index contributed by atoms with van der Waals surface area (Å²) in [5.41, 5.74) is 0.882. The van der Waals surface area contributed by atoms with Gasteiger partial charge in [-0.2, -0.15) is 0 Å². The number of halogens is 1. The summed E-state index contributed by atoms with van der Waals surface area (Å²) in [6.45, 7) is 3.52. The summed E-state index contributed by atoms with van der Waals surface area (Å²) in [5.74, 6) is -0.155. The maximum atomic E-state index is 12.0. The lowest BCUT2D eigenvalue weighted by atomic mass is 10.1. The van der Waals surface area contributed by atoms with E-state index in [1.54, 1.807) is 12.1 Å². The van der Waals surface area contributed by atoms with Crippen molar-refractivity contribution in [2.75, 3.05) is 39.8 Å². The Bertz CT molecular complexity index is 496. The molecule has 1 aromatic carbocycles. The molecule has 2 amide bonds. The molecule has 5 nitrogen and oxygen atoms in total. The van der Waals surface area contributed by atoms with Crippen LogP contribution in [0.1, 0.15) is 5.56 Å². The van der Waals surface area contributed by atoms with Gasteiger partial charge in [0, 0.05) is 5.02 Å². The van der Waals surface area contributed by atoms with E-state index in [2.05, 4.69) is 12.4 Å². The van der Waals surface area contributed by atoms with Crippen LogP contribution < -0.4 is 10.2 Å². The van der Waals surface area contributed by atoms with Crippen molar-refractivity contribution in [1.82, 2.24) is 10.2 Å². The molecule has 21 heavy (non-hydrogen) atoms. The number of carbonyl (C=O) groups excluding carboxylic acids is 2. The van der Waals surface area contributed by atoms with Crippen molar-refractivity contribution >= 4 is 23.4 Å². The number of hydrogen-bond acceptors (Lipinski definition) is 2. The number of piperazine rings is 1. The normalized spacial score (nSPS) is 15.8. The van der Waals surface area contributed by atoms with Crippen LogP contribution in [-0.4, -0.2) is 56.5 Å². The summed E-state index contributed by atoms with van der Waals surface area (Å²) in [7, 11) is 2.12.